The van der Waals surface area contributed by atoms with Gasteiger partial charge < -0.3 is 26.4 Å². The number of carbonyl (C=O) groups is 2. The van der Waals surface area contributed by atoms with Crippen LogP contribution in [0, 0.1) is 0 Å². The van der Waals surface area contributed by atoms with Crippen molar-refractivity contribution < 1.29 is 24.9 Å². The van der Waals surface area contributed by atoms with Crippen LogP contribution in [0.5, 0.6) is 11.8 Å². The summed E-state index contributed by atoms with van der Waals surface area (Å²) in [7, 11) is 0. The number of H-pyrrole nitrogens is 1. The van der Waals surface area contributed by atoms with Crippen molar-refractivity contribution in [1.29, 1.82) is 0 Å². The number of hydrogen-bond donors (Lipinski definition) is 6. The maximum absolute atomic E-state index is 12.4. The van der Waals surface area contributed by atoms with Crippen LogP contribution < -0.4 is 11.1 Å². The molecule has 1 amide bonds. The van der Waals surface area contributed by atoms with E-state index in [0.717, 1.165) is 6.08 Å². The maximum Gasteiger partial charge on any atom is 0.328 e. The lowest BCUT2D eigenvalue weighted by Gasteiger charge is -2.15. The molecule has 1 atom stereocenters. The van der Waals surface area contributed by atoms with Crippen LogP contribution >= 0.6 is 0 Å². The highest BCUT2D eigenvalue weighted by molar-refractivity contribution is 5.92. The standard InChI is InChI=1S/C16H22N4O5/c1-2-3-6-18-12(17)8-10(11-9-13(21)20-16(11)25)15(24)19-7-4-5-14(22)23/h2-5,9-10,20-21,25H,6-8H2,1H3,(H2,17,18)(H,19,24)(H,22,23). The summed E-state index contributed by atoms with van der Waals surface area (Å²) >= 11 is 0. The Morgan fingerprint density at radius 2 is 2.12 bits per heavy atom. The summed E-state index contributed by atoms with van der Waals surface area (Å²) in [6.07, 6.45) is 5.80. The van der Waals surface area contributed by atoms with Crippen molar-refractivity contribution in [2.45, 2.75) is 19.3 Å². The second-order valence-electron chi connectivity index (χ2n) is 5.10. The summed E-state index contributed by atoms with van der Waals surface area (Å²) in [5.41, 5.74) is 6.00. The fourth-order valence-corrected chi connectivity index (χ4v) is 2.05. The average Bonchev–Trinajstić information content (AvgIpc) is 2.87. The van der Waals surface area contributed by atoms with Crippen LogP contribution in [-0.4, -0.2) is 51.1 Å². The van der Waals surface area contributed by atoms with Crippen LogP contribution in [0.15, 0.2) is 35.4 Å². The number of aromatic hydroxyl groups is 2. The molecule has 0 saturated carbocycles. The van der Waals surface area contributed by atoms with Gasteiger partial charge in [-0.05, 0) is 6.92 Å². The lowest BCUT2D eigenvalue weighted by Crippen LogP contribution is -2.32. The first kappa shape index (κ1) is 19.8. The van der Waals surface area contributed by atoms with Gasteiger partial charge in [0.2, 0.25) is 5.91 Å². The van der Waals surface area contributed by atoms with Gasteiger partial charge in [-0.15, -0.1) is 0 Å². The second-order valence-corrected chi connectivity index (χ2v) is 5.10. The molecule has 136 valence electrons. The van der Waals surface area contributed by atoms with Gasteiger partial charge in [0.25, 0.3) is 0 Å². The Kier molecular flexibility index (Phi) is 7.77. The van der Waals surface area contributed by atoms with Gasteiger partial charge in [-0.3, -0.25) is 14.8 Å². The average molecular weight is 350 g/mol. The van der Waals surface area contributed by atoms with E-state index in [2.05, 4.69) is 15.3 Å². The van der Waals surface area contributed by atoms with Crippen molar-refractivity contribution in [2.24, 2.45) is 10.7 Å². The third kappa shape index (κ3) is 6.81. The molecule has 0 spiro atoms. The minimum Gasteiger partial charge on any atom is -0.495 e. The van der Waals surface area contributed by atoms with Crippen LogP contribution in [0.4, 0.5) is 0 Å². The van der Waals surface area contributed by atoms with Crippen molar-refractivity contribution >= 4 is 17.7 Å². The van der Waals surface area contributed by atoms with Gasteiger partial charge >= 0.3 is 5.97 Å². The Labute approximate surface area is 144 Å². The van der Waals surface area contributed by atoms with Gasteiger partial charge in [0.15, 0.2) is 11.8 Å². The van der Waals surface area contributed by atoms with Gasteiger partial charge in [-0.2, -0.15) is 0 Å². The summed E-state index contributed by atoms with van der Waals surface area (Å²) in [6.45, 7) is 2.20. The fraction of sp³-hybridized carbons (Fsp3) is 0.312. The normalized spacial score (nSPS) is 13.4. The number of nitrogens with zero attached hydrogens (tertiary/aromatic N) is 1. The molecular formula is C16H22N4O5. The van der Waals surface area contributed by atoms with Crippen LogP contribution in [0.2, 0.25) is 0 Å². The molecule has 1 heterocycles. The highest BCUT2D eigenvalue weighted by Gasteiger charge is 2.26. The van der Waals surface area contributed by atoms with E-state index in [1.54, 1.807) is 6.08 Å². The molecule has 9 heteroatoms. The number of carboxylic acid groups (broad SMARTS) is 1. The molecule has 1 rings (SSSR count). The molecular weight excluding hydrogens is 328 g/mol. The number of hydrogen-bond acceptors (Lipinski definition) is 5. The largest absolute Gasteiger partial charge is 0.495 e. The number of nitrogens with one attached hydrogen (secondary N) is 2. The molecule has 0 aliphatic rings. The zero-order valence-electron chi connectivity index (χ0n) is 13.8. The lowest BCUT2D eigenvalue weighted by molar-refractivity contribution is -0.131. The second kappa shape index (κ2) is 9.81. The molecule has 7 N–H and O–H groups in total. The SMILES string of the molecule is CC=CCN=C(N)CC(C(=O)NCC=CC(=O)O)c1cc(O)[nH]c1O. The van der Waals surface area contributed by atoms with E-state index in [1.165, 1.54) is 12.1 Å². The number of aliphatic carboxylic acids is 1. The van der Waals surface area contributed by atoms with Gasteiger partial charge in [0, 0.05) is 30.7 Å². The van der Waals surface area contributed by atoms with E-state index in [4.69, 9.17) is 10.8 Å². The van der Waals surface area contributed by atoms with Crippen molar-refractivity contribution in [3.05, 3.63) is 35.9 Å². The van der Waals surface area contributed by atoms with Crippen molar-refractivity contribution in [3.63, 3.8) is 0 Å². The van der Waals surface area contributed by atoms with E-state index in [-0.39, 0.29) is 36.1 Å². The van der Waals surface area contributed by atoms with Crippen LogP contribution in [-0.2, 0) is 9.59 Å². The van der Waals surface area contributed by atoms with Crippen LogP contribution in [0.3, 0.4) is 0 Å². The number of amidine groups is 1. The lowest BCUT2D eigenvalue weighted by atomic mass is 9.96. The molecule has 0 aliphatic carbocycles. The molecule has 0 aliphatic heterocycles. The predicted octanol–water partition coefficient (Wildman–Crippen LogP) is 0.590. The molecule has 9 nitrogen and oxygen atoms in total. The number of amides is 1. The Hall–Kier alpha value is -3.23. The zero-order valence-corrected chi connectivity index (χ0v) is 13.8. The summed E-state index contributed by atoms with van der Waals surface area (Å²) in [5, 5.41) is 30.3. The van der Waals surface area contributed by atoms with Gasteiger partial charge in [-0.25, -0.2) is 4.79 Å². The van der Waals surface area contributed by atoms with Crippen molar-refractivity contribution in [1.82, 2.24) is 10.3 Å². The number of nitrogens with two attached hydrogens (primary N) is 1. The Bertz CT molecular complexity index is 691. The van der Waals surface area contributed by atoms with Gasteiger partial charge in [-0.1, -0.05) is 18.2 Å². The number of allylic oxidation sites excluding steroid dienone is 1. The molecule has 0 fully saturated rings. The number of rotatable bonds is 9. The minimum atomic E-state index is -1.13. The van der Waals surface area contributed by atoms with E-state index in [9.17, 15) is 19.8 Å². The van der Waals surface area contributed by atoms with Crippen LogP contribution in [0.1, 0.15) is 24.8 Å². The third-order valence-corrected chi connectivity index (χ3v) is 3.21. The minimum absolute atomic E-state index is 0.00554. The van der Waals surface area contributed by atoms with Crippen molar-refractivity contribution in [3.8, 4) is 11.8 Å². The highest BCUT2D eigenvalue weighted by Crippen LogP contribution is 2.31. The summed E-state index contributed by atoms with van der Waals surface area (Å²) in [5.74, 6) is -2.95. The first-order valence-electron chi connectivity index (χ1n) is 7.53. The summed E-state index contributed by atoms with van der Waals surface area (Å²) < 4.78 is 0. The zero-order chi connectivity index (χ0) is 18.8. The predicted molar refractivity (Wildman–Crippen MR) is 92.6 cm³/mol. The highest BCUT2D eigenvalue weighted by atomic mass is 16.4. The van der Waals surface area contributed by atoms with E-state index >= 15 is 0 Å². The maximum atomic E-state index is 12.4. The smallest absolute Gasteiger partial charge is 0.328 e. The fourth-order valence-electron chi connectivity index (χ4n) is 2.05. The molecule has 1 aromatic heterocycles. The Morgan fingerprint density at radius 3 is 2.68 bits per heavy atom. The van der Waals surface area contributed by atoms with Crippen molar-refractivity contribution in [2.75, 3.05) is 13.1 Å². The Morgan fingerprint density at radius 1 is 1.40 bits per heavy atom. The molecule has 1 aromatic rings. The number of aromatic nitrogens is 1. The Balaban J connectivity index is 2.91. The topological polar surface area (TPSA) is 161 Å². The number of aliphatic imine (C=N–C) groups is 1. The third-order valence-electron chi connectivity index (χ3n) is 3.21. The number of carboxylic acids is 1. The van der Waals surface area contributed by atoms with E-state index < -0.39 is 17.8 Å². The first-order chi connectivity index (χ1) is 11.8. The van der Waals surface area contributed by atoms with Gasteiger partial charge in [0.1, 0.15) is 0 Å². The monoisotopic (exact) mass is 350 g/mol. The molecule has 0 bridgehead atoms. The molecule has 0 saturated heterocycles. The molecule has 0 radical (unpaired) electrons. The van der Waals surface area contributed by atoms with E-state index in [0.29, 0.717) is 6.54 Å². The summed E-state index contributed by atoms with van der Waals surface area (Å²) in [4.78, 5) is 29.2. The molecule has 25 heavy (non-hydrogen) atoms. The van der Waals surface area contributed by atoms with Gasteiger partial charge in [0.05, 0.1) is 18.3 Å². The first-order valence-corrected chi connectivity index (χ1v) is 7.53. The molecule has 1 unspecified atom stereocenters. The number of aromatic amines is 1. The van der Waals surface area contributed by atoms with E-state index in [1.807, 2.05) is 13.0 Å². The molecule has 0 aromatic carbocycles. The quantitative estimate of drug-likeness (QED) is 0.165. The summed E-state index contributed by atoms with van der Waals surface area (Å²) in [6, 6.07) is 1.23. The van der Waals surface area contributed by atoms with Crippen LogP contribution in [0.25, 0.3) is 0 Å². The number of carbonyl (C=O) groups excluding carboxylic acids is 1.